The van der Waals surface area contributed by atoms with Crippen LogP contribution in [-0.2, 0) is 19.0 Å². The number of carboxylic acid groups (broad SMARTS) is 1. The van der Waals surface area contributed by atoms with Crippen molar-refractivity contribution in [1.82, 2.24) is 15.2 Å². The molecule has 4 rings (SSSR count). The largest absolute Gasteiger partial charge is 0.494 e. The molecule has 2 aromatic carbocycles. The lowest BCUT2D eigenvalue weighted by molar-refractivity contribution is -0.137. The normalized spacial score (nSPS) is 15.4. The van der Waals surface area contributed by atoms with Gasteiger partial charge in [-0.25, -0.2) is 4.99 Å². The second kappa shape index (κ2) is 25.7. The van der Waals surface area contributed by atoms with Gasteiger partial charge < -0.3 is 51.1 Å². The minimum absolute atomic E-state index is 0.171. The van der Waals surface area contributed by atoms with Crippen LogP contribution in [0.1, 0.15) is 105 Å². The van der Waals surface area contributed by atoms with Crippen LogP contribution in [0, 0.1) is 0 Å². The summed E-state index contributed by atoms with van der Waals surface area (Å²) in [5.74, 6) is 0.330. The van der Waals surface area contributed by atoms with Crippen molar-refractivity contribution in [2.24, 2.45) is 16.5 Å². The van der Waals surface area contributed by atoms with E-state index in [4.69, 9.17) is 40.5 Å². The van der Waals surface area contributed by atoms with Crippen LogP contribution in [0.15, 0.2) is 78.0 Å². The maximum absolute atomic E-state index is 13.4. The molecule has 2 heterocycles. The molecule has 3 aromatic rings. The van der Waals surface area contributed by atoms with Crippen LogP contribution in [0.2, 0.25) is 0 Å². The Hall–Kier alpha value is -4.60. The third-order valence-electron chi connectivity index (χ3n) is 10.3. The molecule has 7 N–H and O–H groups in total. The Morgan fingerprint density at radius 3 is 2.07 bits per heavy atom. The van der Waals surface area contributed by atoms with Crippen molar-refractivity contribution < 1.29 is 33.6 Å². The molecular formula is C44H65N7O7. The van der Waals surface area contributed by atoms with E-state index < -0.39 is 17.7 Å². The van der Waals surface area contributed by atoms with E-state index in [-0.39, 0.29) is 18.4 Å². The number of carboxylic acids is 1. The summed E-state index contributed by atoms with van der Waals surface area (Å²) in [5, 5.41) is 15.4. The van der Waals surface area contributed by atoms with Crippen molar-refractivity contribution in [2.45, 2.75) is 88.9 Å². The predicted octanol–water partition coefficient (Wildman–Crippen LogP) is 6.10. The highest BCUT2D eigenvalue weighted by Crippen LogP contribution is 2.29. The zero-order valence-corrected chi connectivity index (χ0v) is 34.4. The Morgan fingerprint density at radius 1 is 0.828 bits per heavy atom. The van der Waals surface area contributed by atoms with E-state index >= 15 is 0 Å². The summed E-state index contributed by atoms with van der Waals surface area (Å²) in [6.07, 6.45) is 11.0. The van der Waals surface area contributed by atoms with Gasteiger partial charge in [0.2, 0.25) is 0 Å². The van der Waals surface area contributed by atoms with Crippen LogP contribution in [0.4, 0.5) is 5.69 Å². The Balaban J connectivity index is 1.10. The summed E-state index contributed by atoms with van der Waals surface area (Å²) < 4.78 is 22.7. The number of nitrogens with zero attached hydrogens (tertiary/aromatic N) is 3. The second-order valence-electron chi connectivity index (χ2n) is 14.9. The average Bonchev–Trinajstić information content (AvgIpc) is 3.23. The van der Waals surface area contributed by atoms with Crippen LogP contribution in [-0.4, -0.2) is 105 Å². The van der Waals surface area contributed by atoms with Crippen molar-refractivity contribution in [3.8, 4) is 5.75 Å². The molecule has 1 fully saturated rings. The fourth-order valence-corrected chi connectivity index (χ4v) is 6.63. The SMILES string of the molecule is C[C@@H](NC(=O)c1cccc(NC2(/C(N)=N/C(N)c3ccncc3)CCN(C)CC2)c1)c1ccc(OCCCCCCOCCOCCOCCCCCC(=O)O)cc1. The first-order valence-electron chi connectivity index (χ1n) is 20.7. The summed E-state index contributed by atoms with van der Waals surface area (Å²) in [7, 11) is 2.09. The van der Waals surface area contributed by atoms with Gasteiger partial charge in [-0.2, -0.15) is 0 Å². The summed E-state index contributed by atoms with van der Waals surface area (Å²) in [6, 6.07) is 18.8. The molecule has 318 valence electrons. The van der Waals surface area contributed by atoms with Crippen LogP contribution < -0.4 is 26.8 Å². The van der Waals surface area contributed by atoms with Gasteiger partial charge in [0.15, 0.2) is 0 Å². The lowest BCUT2D eigenvalue weighted by atomic mass is 9.85. The Bertz CT molecular complexity index is 1650. The molecule has 0 bridgehead atoms. The van der Waals surface area contributed by atoms with Crippen LogP contribution in [0.3, 0.4) is 0 Å². The van der Waals surface area contributed by atoms with Gasteiger partial charge in [-0.3, -0.25) is 14.6 Å². The van der Waals surface area contributed by atoms with E-state index in [1.165, 1.54) is 0 Å². The molecule has 1 unspecified atom stereocenters. The van der Waals surface area contributed by atoms with Crippen molar-refractivity contribution in [1.29, 1.82) is 0 Å². The molecule has 14 heteroatoms. The van der Waals surface area contributed by atoms with Crippen LogP contribution in [0.5, 0.6) is 5.75 Å². The number of aromatic nitrogens is 1. The van der Waals surface area contributed by atoms with Gasteiger partial charge in [0.1, 0.15) is 17.8 Å². The Morgan fingerprint density at radius 2 is 1.43 bits per heavy atom. The van der Waals surface area contributed by atoms with Crippen molar-refractivity contribution in [2.75, 3.05) is 71.7 Å². The van der Waals surface area contributed by atoms with E-state index in [1.54, 1.807) is 12.4 Å². The van der Waals surface area contributed by atoms with Crippen molar-refractivity contribution in [3.63, 3.8) is 0 Å². The van der Waals surface area contributed by atoms with Crippen LogP contribution >= 0.6 is 0 Å². The number of hydrogen-bond acceptors (Lipinski definition) is 11. The highest BCUT2D eigenvalue weighted by Gasteiger charge is 2.38. The number of likely N-dealkylation sites (tertiary alicyclic amines) is 1. The number of hydrogen-bond donors (Lipinski definition) is 5. The smallest absolute Gasteiger partial charge is 0.303 e. The second-order valence-corrected chi connectivity index (χ2v) is 14.9. The van der Waals surface area contributed by atoms with Crippen molar-refractivity contribution >= 4 is 23.4 Å². The lowest BCUT2D eigenvalue weighted by Crippen LogP contribution is -2.57. The number of amides is 1. The number of benzene rings is 2. The van der Waals surface area contributed by atoms with Gasteiger partial charge in [0.05, 0.1) is 44.6 Å². The average molecular weight is 804 g/mol. The van der Waals surface area contributed by atoms with E-state index in [9.17, 15) is 9.59 Å². The highest BCUT2D eigenvalue weighted by molar-refractivity contribution is 5.96. The first-order valence-corrected chi connectivity index (χ1v) is 20.7. The van der Waals surface area contributed by atoms with E-state index in [1.807, 2.05) is 67.6 Å². The maximum Gasteiger partial charge on any atom is 0.303 e. The molecule has 2 atom stereocenters. The van der Waals surface area contributed by atoms with Gasteiger partial charge in [0.25, 0.3) is 5.91 Å². The standard InChI is InChI=1S/C44H65N7O7/c1-34(35-14-16-39(17-15-35)58-28-9-4-3-7-26-55-29-31-57-32-30-56-27-8-5-6-13-40(52)53)48-42(54)37-11-10-12-38(33-37)50-44(20-24-51(2)25-21-44)43(46)49-41(45)36-18-22-47-23-19-36/h10-12,14-19,22-23,33-34,41,50H,3-9,13,20-21,24-32,45H2,1-2H3,(H2,46,49)(H,48,54)(H,52,53)/t34-,41?/m1/s1. The number of ether oxygens (including phenoxy) is 4. The number of rotatable bonds is 28. The summed E-state index contributed by atoms with van der Waals surface area (Å²) in [5.41, 5.74) is 15.7. The van der Waals surface area contributed by atoms with E-state index in [0.717, 1.165) is 87.0 Å². The van der Waals surface area contributed by atoms with Gasteiger partial charge in [-0.1, -0.05) is 31.0 Å². The number of anilines is 1. The molecule has 0 aliphatic carbocycles. The molecule has 0 saturated carbocycles. The zero-order chi connectivity index (χ0) is 41.4. The molecule has 1 aliphatic rings. The number of nitrogens with one attached hydrogen (secondary N) is 2. The summed E-state index contributed by atoms with van der Waals surface area (Å²) in [6.45, 7) is 7.81. The molecule has 1 saturated heterocycles. The molecule has 1 aromatic heterocycles. The van der Waals surface area contributed by atoms with Gasteiger partial charge in [-0.15, -0.1) is 0 Å². The summed E-state index contributed by atoms with van der Waals surface area (Å²) in [4.78, 5) is 35.0. The maximum atomic E-state index is 13.4. The third-order valence-corrected chi connectivity index (χ3v) is 10.3. The quantitative estimate of drug-likeness (QED) is 0.0322. The third kappa shape index (κ3) is 16.7. The minimum atomic E-state index is -0.747. The molecule has 0 radical (unpaired) electrons. The number of amidine groups is 1. The molecule has 58 heavy (non-hydrogen) atoms. The fourth-order valence-electron chi connectivity index (χ4n) is 6.63. The zero-order valence-electron chi connectivity index (χ0n) is 34.4. The molecule has 1 aliphatic heterocycles. The number of carbonyl (C=O) groups excluding carboxylic acids is 1. The summed E-state index contributed by atoms with van der Waals surface area (Å²) >= 11 is 0. The monoisotopic (exact) mass is 803 g/mol. The number of carbonyl (C=O) groups is 2. The van der Waals surface area contributed by atoms with E-state index in [0.29, 0.717) is 64.1 Å². The van der Waals surface area contributed by atoms with Crippen LogP contribution in [0.25, 0.3) is 0 Å². The topological polar surface area (TPSA) is 196 Å². The lowest BCUT2D eigenvalue weighted by Gasteiger charge is -2.41. The van der Waals surface area contributed by atoms with Gasteiger partial charge in [-0.05, 0) is 113 Å². The number of aliphatic imine (C=N–C) groups is 1. The molecule has 1 amide bonds. The van der Waals surface area contributed by atoms with Gasteiger partial charge >= 0.3 is 5.97 Å². The number of nitrogens with two attached hydrogens (primary N) is 2. The van der Waals surface area contributed by atoms with Crippen molar-refractivity contribution in [3.05, 3.63) is 89.7 Å². The molecule has 14 nitrogen and oxygen atoms in total. The number of pyridine rings is 1. The minimum Gasteiger partial charge on any atom is -0.494 e. The fraction of sp³-hybridized carbons (Fsp3) is 0.545. The predicted molar refractivity (Wildman–Crippen MR) is 227 cm³/mol. The van der Waals surface area contributed by atoms with E-state index in [2.05, 4.69) is 27.6 Å². The first kappa shape index (κ1) is 46.1. The Labute approximate surface area is 344 Å². The number of piperidine rings is 1. The van der Waals surface area contributed by atoms with Gasteiger partial charge in [0, 0.05) is 56.4 Å². The highest BCUT2D eigenvalue weighted by atomic mass is 16.5. The number of unbranched alkanes of at least 4 members (excludes halogenated alkanes) is 5. The molecule has 0 spiro atoms. The molecular weight excluding hydrogens is 739 g/mol. The number of aliphatic carboxylic acids is 1. The Kier molecular flexibility index (Phi) is 20.4. The first-order chi connectivity index (χ1) is 28.1.